The van der Waals surface area contributed by atoms with Crippen LogP contribution in [0.3, 0.4) is 0 Å². The van der Waals surface area contributed by atoms with E-state index in [0.29, 0.717) is 0 Å². The van der Waals surface area contributed by atoms with Crippen molar-refractivity contribution >= 4 is 22.2 Å². The Morgan fingerprint density at radius 1 is 1.36 bits per heavy atom. The van der Waals surface area contributed by atoms with Gasteiger partial charge in [0, 0.05) is 5.92 Å². The van der Waals surface area contributed by atoms with Gasteiger partial charge in [0.25, 0.3) is 0 Å². The second-order valence-electron chi connectivity index (χ2n) is 3.66. The molecule has 2 atom stereocenters. The Bertz CT molecular complexity index is 333. The largest absolute Gasteiger partial charge is 0.302 e. The van der Waals surface area contributed by atoms with Gasteiger partial charge in [0.15, 0.2) is 0 Å². The van der Waals surface area contributed by atoms with Crippen LogP contribution in [0.15, 0.2) is 18.2 Å². The summed E-state index contributed by atoms with van der Waals surface area (Å²) in [6.45, 7) is 6.26. The molecule has 1 aromatic rings. The molecule has 0 fully saturated rings. The molecule has 0 saturated carbocycles. The summed E-state index contributed by atoms with van der Waals surface area (Å²) < 4.78 is 0. The molecule has 1 nitrogen and oxygen atoms in total. The van der Waals surface area contributed by atoms with Crippen LogP contribution in [0.5, 0.6) is 0 Å². The summed E-state index contributed by atoms with van der Waals surface area (Å²) in [7, 11) is 0. The summed E-state index contributed by atoms with van der Waals surface area (Å²) in [5.74, 6) is 0.229. The van der Waals surface area contributed by atoms with Gasteiger partial charge in [-0.3, -0.25) is 0 Å². The molecule has 1 aromatic carbocycles. The van der Waals surface area contributed by atoms with Crippen LogP contribution in [-0.2, 0) is 4.79 Å². The molecule has 1 rings (SSSR count). The van der Waals surface area contributed by atoms with Crippen molar-refractivity contribution in [2.45, 2.75) is 31.5 Å². The maximum atomic E-state index is 10.7. The average molecular weight is 255 g/mol. The Balaban J connectivity index is 3.06. The molecule has 0 aliphatic rings. The number of alkyl halides is 1. The molecule has 2 heteroatoms. The number of aldehydes is 1. The molecule has 0 heterocycles. The van der Waals surface area contributed by atoms with Crippen LogP contribution in [0.2, 0.25) is 0 Å². The molecule has 0 amide bonds. The van der Waals surface area contributed by atoms with Crippen molar-refractivity contribution in [1.82, 2.24) is 0 Å². The quantitative estimate of drug-likeness (QED) is 0.597. The molecule has 0 N–H and O–H groups in total. The van der Waals surface area contributed by atoms with E-state index in [2.05, 4.69) is 48.8 Å². The van der Waals surface area contributed by atoms with Crippen LogP contribution in [0, 0.1) is 13.8 Å². The Labute approximate surface area is 93.7 Å². The van der Waals surface area contributed by atoms with E-state index in [1.165, 1.54) is 16.7 Å². The fourth-order valence-electron chi connectivity index (χ4n) is 1.56. The van der Waals surface area contributed by atoms with Crippen molar-refractivity contribution in [3.63, 3.8) is 0 Å². The Morgan fingerprint density at radius 2 is 2.00 bits per heavy atom. The van der Waals surface area contributed by atoms with Gasteiger partial charge in [-0.05, 0) is 30.5 Å². The Kier molecular flexibility index (Phi) is 3.87. The molecule has 0 aliphatic carbocycles. The first-order valence-corrected chi connectivity index (χ1v) is 5.65. The number of hydrogen-bond donors (Lipinski definition) is 0. The molecule has 0 aromatic heterocycles. The minimum absolute atomic E-state index is 0.0944. The van der Waals surface area contributed by atoms with Crippen molar-refractivity contribution in [1.29, 1.82) is 0 Å². The number of benzene rings is 1. The molecule has 14 heavy (non-hydrogen) atoms. The fraction of sp³-hybridized carbons (Fsp3) is 0.417. The summed E-state index contributed by atoms with van der Waals surface area (Å²) in [4.78, 5) is 10.6. The van der Waals surface area contributed by atoms with Crippen molar-refractivity contribution in [2.24, 2.45) is 0 Å². The number of aryl methyl sites for hydroxylation is 1. The van der Waals surface area contributed by atoms with E-state index >= 15 is 0 Å². The molecule has 0 aliphatic heterocycles. The lowest BCUT2D eigenvalue weighted by molar-refractivity contribution is -0.107. The van der Waals surface area contributed by atoms with Gasteiger partial charge in [0.2, 0.25) is 0 Å². The second-order valence-corrected chi connectivity index (χ2v) is 4.72. The standard InChI is InChI=1S/C12H15BrO/c1-8-5-4-6-11(9(8)2)10(3)12(13)7-14/h4-7,10,12H,1-3H3/t10-,12+/m1/s1. The molecule has 0 spiro atoms. The highest BCUT2D eigenvalue weighted by atomic mass is 79.9. The monoisotopic (exact) mass is 254 g/mol. The first kappa shape index (κ1) is 11.4. The minimum Gasteiger partial charge on any atom is -0.302 e. The minimum atomic E-state index is -0.0944. The number of hydrogen-bond acceptors (Lipinski definition) is 1. The normalized spacial score (nSPS) is 14.9. The lowest BCUT2D eigenvalue weighted by Crippen LogP contribution is -2.11. The lowest BCUT2D eigenvalue weighted by Gasteiger charge is -2.17. The van der Waals surface area contributed by atoms with Crippen molar-refractivity contribution < 1.29 is 4.79 Å². The van der Waals surface area contributed by atoms with E-state index in [4.69, 9.17) is 0 Å². The van der Waals surface area contributed by atoms with Gasteiger partial charge in [-0.15, -0.1) is 0 Å². The van der Waals surface area contributed by atoms with Gasteiger partial charge < -0.3 is 4.79 Å². The average Bonchev–Trinajstić information content (AvgIpc) is 2.20. The van der Waals surface area contributed by atoms with E-state index in [-0.39, 0.29) is 10.7 Å². The zero-order valence-corrected chi connectivity index (χ0v) is 10.3. The van der Waals surface area contributed by atoms with Gasteiger partial charge in [-0.1, -0.05) is 41.1 Å². The number of halogens is 1. The maximum absolute atomic E-state index is 10.7. The van der Waals surface area contributed by atoms with E-state index in [9.17, 15) is 4.79 Å². The fourth-order valence-corrected chi connectivity index (χ4v) is 1.84. The summed E-state index contributed by atoms with van der Waals surface area (Å²) >= 11 is 3.37. The molecule has 0 bridgehead atoms. The molecule has 76 valence electrons. The third-order valence-electron chi connectivity index (χ3n) is 2.74. The smallest absolute Gasteiger partial charge is 0.134 e. The zero-order valence-electron chi connectivity index (χ0n) is 8.75. The van der Waals surface area contributed by atoms with E-state index < -0.39 is 0 Å². The highest BCUT2D eigenvalue weighted by molar-refractivity contribution is 9.10. The third kappa shape index (κ3) is 2.24. The van der Waals surface area contributed by atoms with Crippen LogP contribution in [-0.4, -0.2) is 11.1 Å². The summed E-state index contributed by atoms with van der Waals surface area (Å²) in [5, 5.41) is 0. The zero-order chi connectivity index (χ0) is 10.7. The van der Waals surface area contributed by atoms with Gasteiger partial charge in [-0.25, -0.2) is 0 Å². The van der Waals surface area contributed by atoms with Gasteiger partial charge in [0.1, 0.15) is 6.29 Å². The molecule has 0 saturated heterocycles. The highest BCUT2D eigenvalue weighted by Crippen LogP contribution is 2.27. The molecule has 0 unspecified atom stereocenters. The first-order chi connectivity index (χ1) is 6.57. The topological polar surface area (TPSA) is 17.1 Å². The first-order valence-electron chi connectivity index (χ1n) is 4.73. The van der Waals surface area contributed by atoms with E-state index in [1.54, 1.807) is 0 Å². The van der Waals surface area contributed by atoms with E-state index in [0.717, 1.165) is 6.29 Å². The van der Waals surface area contributed by atoms with E-state index in [1.807, 2.05) is 6.07 Å². The number of rotatable bonds is 3. The van der Waals surface area contributed by atoms with Crippen molar-refractivity contribution in [2.75, 3.05) is 0 Å². The van der Waals surface area contributed by atoms with Crippen LogP contribution in [0.25, 0.3) is 0 Å². The SMILES string of the molecule is Cc1cccc([C@@H](C)[C@@H](Br)C=O)c1C. The molecule has 0 radical (unpaired) electrons. The van der Waals surface area contributed by atoms with Crippen LogP contribution < -0.4 is 0 Å². The summed E-state index contributed by atoms with van der Waals surface area (Å²) in [6, 6.07) is 6.22. The van der Waals surface area contributed by atoms with Crippen LogP contribution in [0.4, 0.5) is 0 Å². The number of carbonyl (C=O) groups is 1. The second kappa shape index (κ2) is 4.74. The predicted molar refractivity (Wildman–Crippen MR) is 63.1 cm³/mol. The summed E-state index contributed by atoms with van der Waals surface area (Å²) in [5.41, 5.74) is 3.81. The van der Waals surface area contributed by atoms with Crippen molar-refractivity contribution in [3.05, 3.63) is 34.9 Å². The molecular weight excluding hydrogens is 240 g/mol. The number of carbonyl (C=O) groups excluding carboxylic acids is 1. The molecular formula is C12H15BrO. The van der Waals surface area contributed by atoms with Crippen LogP contribution in [0.1, 0.15) is 29.5 Å². The lowest BCUT2D eigenvalue weighted by atomic mass is 9.92. The Hall–Kier alpha value is -0.630. The van der Waals surface area contributed by atoms with Gasteiger partial charge in [0.05, 0.1) is 4.83 Å². The maximum Gasteiger partial charge on any atom is 0.134 e. The summed E-state index contributed by atoms with van der Waals surface area (Å²) in [6.07, 6.45) is 0.951. The Morgan fingerprint density at radius 3 is 2.57 bits per heavy atom. The van der Waals surface area contributed by atoms with Crippen LogP contribution >= 0.6 is 15.9 Å². The predicted octanol–water partition coefficient (Wildman–Crippen LogP) is 3.37. The van der Waals surface area contributed by atoms with Crippen molar-refractivity contribution in [3.8, 4) is 0 Å². The third-order valence-corrected chi connectivity index (χ3v) is 3.75. The van der Waals surface area contributed by atoms with Gasteiger partial charge >= 0.3 is 0 Å². The van der Waals surface area contributed by atoms with Gasteiger partial charge in [-0.2, -0.15) is 0 Å². The highest BCUT2D eigenvalue weighted by Gasteiger charge is 2.17.